The Hall–Kier alpha value is -0.850. The minimum absolute atomic E-state index is 0.142. The largest absolute Gasteiger partial charge is 0.293 e. The summed E-state index contributed by atoms with van der Waals surface area (Å²) >= 11 is 4.72. The molecule has 1 atom stereocenters. The van der Waals surface area contributed by atoms with Gasteiger partial charge in [-0.25, -0.2) is 0 Å². The van der Waals surface area contributed by atoms with E-state index in [2.05, 4.69) is 24.0 Å². The number of thioether (sulfide) groups is 2. The predicted molar refractivity (Wildman–Crippen MR) is 91.9 cm³/mol. The number of nitrogens with zero attached hydrogens (tertiary/aromatic N) is 2. The molecule has 0 fully saturated rings. The van der Waals surface area contributed by atoms with Gasteiger partial charge >= 0.3 is 0 Å². The zero-order chi connectivity index (χ0) is 15.4. The smallest absolute Gasteiger partial charge is 0.175 e. The first-order valence-corrected chi connectivity index (χ1v) is 9.44. The third-order valence-electron chi connectivity index (χ3n) is 3.09. The van der Waals surface area contributed by atoms with Crippen LogP contribution >= 0.6 is 34.9 Å². The highest BCUT2D eigenvalue weighted by Gasteiger charge is 2.19. The molecule has 21 heavy (non-hydrogen) atoms. The quantitative estimate of drug-likeness (QED) is 0.567. The van der Waals surface area contributed by atoms with E-state index in [1.54, 1.807) is 23.1 Å². The SMILES string of the molecule is CCSc1nnc(SC(C)C(=O)c2ccc(C)c(C)c2)s1. The number of carbonyl (C=O) groups is 1. The van der Waals surface area contributed by atoms with Crippen molar-refractivity contribution in [1.29, 1.82) is 0 Å². The van der Waals surface area contributed by atoms with E-state index in [4.69, 9.17) is 0 Å². The number of benzene rings is 1. The second kappa shape index (κ2) is 7.42. The molecule has 1 aromatic heterocycles. The minimum Gasteiger partial charge on any atom is -0.293 e. The number of hydrogen-bond acceptors (Lipinski definition) is 6. The molecule has 0 aliphatic heterocycles. The minimum atomic E-state index is -0.153. The third-order valence-corrected chi connectivity index (χ3v) is 6.22. The fourth-order valence-electron chi connectivity index (χ4n) is 1.76. The summed E-state index contributed by atoms with van der Waals surface area (Å²) in [5, 5.41) is 8.10. The van der Waals surface area contributed by atoms with E-state index in [1.807, 2.05) is 32.0 Å². The summed E-state index contributed by atoms with van der Waals surface area (Å²) in [5.41, 5.74) is 3.12. The normalized spacial score (nSPS) is 12.4. The molecule has 112 valence electrons. The summed E-state index contributed by atoms with van der Waals surface area (Å²) in [5.74, 6) is 1.12. The van der Waals surface area contributed by atoms with E-state index < -0.39 is 0 Å². The Labute approximate surface area is 137 Å². The zero-order valence-corrected chi connectivity index (χ0v) is 15.0. The van der Waals surface area contributed by atoms with Crippen LogP contribution in [0.15, 0.2) is 26.9 Å². The summed E-state index contributed by atoms with van der Waals surface area (Å²) in [7, 11) is 0. The average Bonchev–Trinajstić information content (AvgIpc) is 2.88. The van der Waals surface area contributed by atoms with Crippen molar-refractivity contribution in [3.05, 3.63) is 34.9 Å². The van der Waals surface area contributed by atoms with Gasteiger partial charge in [0.2, 0.25) is 0 Å². The van der Waals surface area contributed by atoms with Crippen LogP contribution in [0.25, 0.3) is 0 Å². The molecular formula is C15H18N2OS3. The molecule has 1 aromatic carbocycles. The number of aromatic nitrogens is 2. The van der Waals surface area contributed by atoms with Gasteiger partial charge in [-0.05, 0) is 43.7 Å². The Kier molecular flexibility index (Phi) is 5.84. The van der Waals surface area contributed by atoms with Gasteiger partial charge in [-0.2, -0.15) is 0 Å². The van der Waals surface area contributed by atoms with Crippen LogP contribution in [0.5, 0.6) is 0 Å². The number of hydrogen-bond donors (Lipinski definition) is 0. The molecule has 2 aromatic rings. The van der Waals surface area contributed by atoms with Gasteiger partial charge in [0.1, 0.15) is 0 Å². The van der Waals surface area contributed by atoms with Gasteiger partial charge in [-0.15, -0.1) is 10.2 Å². The number of ketones is 1. The van der Waals surface area contributed by atoms with E-state index in [-0.39, 0.29) is 11.0 Å². The van der Waals surface area contributed by atoms with Crippen molar-refractivity contribution in [2.24, 2.45) is 0 Å². The van der Waals surface area contributed by atoms with Crippen molar-refractivity contribution in [3.8, 4) is 0 Å². The Balaban J connectivity index is 2.06. The third kappa shape index (κ3) is 4.31. The molecule has 0 saturated carbocycles. The highest BCUT2D eigenvalue weighted by atomic mass is 32.2. The lowest BCUT2D eigenvalue weighted by Crippen LogP contribution is -2.13. The molecule has 6 heteroatoms. The van der Waals surface area contributed by atoms with E-state index >= 15 is 0 Å². The van der Waals surface area contributed by atoms with Crippen molar-refractivity contribution < 1.29 is 4.79 Å². The maximum atomic E-state index is 12.5. The number of carbonyl (C=O) groups excluding carboxylic acids is 1. The molecular weight excluding hydrogens is 320 g/mol. The van der Waals surface area contributed by atoms with Gasteiger partial charge in [0.25, 0.3) is 0 Å². The van der Waals surface area contributed by atoms with Crippen LogP contribution in [0.2, 0.25) is 0 Å². The Morgan fingerprint density at radius 3 is 2.62 bits per heavy atom. The number of rotatable bonds is 6. The molecule has 0 spiro atoms. The topological polar surface area (TPSA) is 42.9 Å². The van der Waals surface area contributed by atoms with Crippen LogP contribution in [-0.2, 0) is 0 Å². The molecule has 3 nitrogen and oxygen atoms in total. The molecule has 0 aliphatic rings. The van der Waals surface area contributed by atoms with Gasteiger partial charge in [0, 0.05) is 5.56 Å². The first kappa shape index (κ1) is 16.5. The fourth-order valence-corrected chi connectivity index (χ4v) is 4.90. The van der Waals surface area contributed by atoms with Gasteiger partial charge < -0.3 is 0 Å². The van der Waals surface area contributed by atoms with Crippen molar-refractivity contribution in [1.82, 2.24) is 10.2 Å². The second-order valence-electron chi connectivity index (χ2n) is 4.69. The highest BCUT2D eigenvalue weighted by Crippen LogP contribution is 2.32. The molecule has 1 unspecified atom stereocenters. The first-order valence-electron chi connectivity index (χ1n) is 6.75. The first-order chi connectivity index (χ1) is 10.0. The van der Waals surface area contributed by atoms with Crippen LogP contribution in [-0.4, -0.2) is 27.0 Å². The molecule has 0 saturated heterocycles. The maximum Gasteiger partial charge on any atom is 0.175 e. The van der Waals surface area contributed by atoms with Gasteiger partial charge in [-0.3, -0.25) is 4.79 Å². The Morgan fingerprint density at radius 2 is 1.95 bits per heavy atom. The maximum absolute atomic E-state index is 12.5. The lowest BCUT2D eigenvalue weighted by Gasteiger charge is -2.09. The molecule has 2 rings (SSSR count). The van der Waals surface area contributed by atoms with Crippen LogP contribution < -0.4 is 0 Å². The summed E-state index contributed by atoms with van der Waals surface area (Å²) in [6.45, 7) is 8.10. The Bertz CT molecular complexity index is 640. The van der Waals surface area contributed by atoms with Crippen molar-refractivity contribution >= 4 is 40.6 Å². The fraction of sp³-hybridized carbons (Fsp3) is 0.400. The molecule has 0 amide bonds. The molecule has 0 bridgehead atoms. The van der Waals surface area contributed by atoms with Gasteiger partial charge in [-0.1, -0.05) is 53.9 Å². The van der Waals surface area contributed by atoms with Gasteiger partial charge in [0.15, 0.2) is 14.5 Å². The average molecular weight is 339 g/mol. The van der Waals surface area contributed by atoms with Gasteiger partial charge in [0.05, 0.1) is 5.25 Å². The van der Waals surface area contributed by atoms with E-state index in [0.717, 1.165) is 25.6 Å². The van der Waals surface area contributed by atoms with Crippen LogP contribution in [0.3, 0.4) is 0 Å². The molecule has 0 radical (unpaired) electrons. The molecule has 0 aliphatic carbocycles. The summed E-state index contributed by atoms with van der Waals surface area (Å²) < 4.78 is 1.82. The van der Waals surface area contributed by atoms with Crippen molar-refractivity contribution in [2.45, 2.75) is 41.6 Å². The number of aryl methyl sites for hydroxylation is 2. The van der Waals surface area contributed by atoms with Crippen LogP contribution in [0.1, 0.15) is 35.3 Å². The van der Waals surface area contributed by atoms with E-state index in [9.17, 15) is 4.79 Å². The monoisotopic (exact) mass is 338 g/mol. The zero-order valence-electron chi connectivity index (χ0n) is 12.5. The summed E-state index contributed by atoms with van der Waals surface area (Å²) in [4.78, 5) is 12.5. The van der Waals surface area contributed by atoms with Crippen molar-refractivity contribution in [2.75, 3.05) is 5.75 Å². The summed E-state index contributed by atoms with van der Waals surface area (Å²) in [6, 6.07) is 5.87. The molecule has 0 N–H and O–H groups in total. The van der Waals surface area contributed by atoms with Crippen LogP contribution in [0, 0.1) is 13.8 Å². The summed E-state index contributed by atoms with van der Waals surface area (Å²) in [6.07, 6.45) is 0. The Morgan fingerprint density at radius 1 is 1.24 bits per heavy atom. The standard InChI is InChI=1S/C15H18N2OS3/c1-5-19-14-16-17-15(21-14)20-11(4)13(18)12-7-6-9(2)10(3)8-12/h6-8,11H,5H2,1-4H3. The lowest BCUT2D eigenvalue weighted by atomic mass is 10.0. The molecule has 1 heterocycles. The van der Waals surface area contributed by atoms with Crippen LogP contribution in [0.4, 0.5) is 0 Å². The van der Waals surface area contributed by atoms with Crippen molar-refractivity contribution in [3.63, 3.8) is 0 Å². The second-order valence-corrected chi connectivity index (χ2v) is 8.77. The number of Topliss-reactive ketones (excluding diaryl/α,β-unsaturated/α-hetero) is 1. The van der Waals surface area contributed by atoms with E-state index in [1.165, 1.54) is 17.3 Å². The highest BCUT2D eigenvalue weighted by molar-refractivity contribution is 8.03. The van der Waals surface area contributed by atoms with E-state index in [0.29, 0.717) is 0 Å². The lowest BCUT2D eigenvalue weighted by molar-refractivity contribution is 0.0994. The predicted octanol–water partition coefficient (Wildman–Crippen LogP) is 4.63.